The van der Waals surface area contributed by atoms with Gasteiger partial charge in [-0.3, -0.25) is 13.9 Å². The molecule has 0 saturated carbocycles. The first-order valence-electron chi connectivity index (χ1n) is 10.2. The summed E-state index contributed by atoms with van der Waals surface area (Å²) in [5.41, 5.74) is 1.49. The molecule has 3 rings (SSSR count). The highest BCUT2D eigenvalue weighted by molar-refractivity contribution is 7.94. The van der Waals surface area contributed by atoms with E-state index >= 15 is 0 Å². The number of carbonyl (C=O) groups is 3. The van der Waals surface area contributed by atoms with Gasteiger partial charge in [-0.1, -0.05) is 6.07 Å². The highest BCUT2D eigenvalue weighted by Gasteiger charge is 2.22. The zero-order chi connectivity index (χ0) is 25.4. The molecule has 0 spiro atoms. The molecule has 0 atom stereocenters. The average Bonchev–Trinajstić information content (AvgIpc) is 3.38. The number of sulfonamides is 1. The molecule has 0 radical (unpaired) electrons. The largest absolute Gasteiger partial charge is 0.482 e. The summed E-state index contributed by atoms with van der Waals surface area (Å²) in [6, 6.07) is 15.8. The van der Waals surface area contributed by atoms with Gasteiger partial charge in [0.25, 0.3) is 15.9 Å². The third-order valence-corrected chi connectivity index (χ3v) is 7.68. The normalized spacial score (nSPS) is 10.8. The smallest absolute Gasteiger partial charge is 0.344 e. The highest BCUT2D eigenvalue weighted by atomic mass is 32.2. The number of ether oxygens (including phenoxy) is 2. The van der Waals surface area contributed by atoms with Gasteiger partial charge in [0.2, 0.25) is 5.91 Å². The summed E-state index contributed by atoms with van der Waals surface area (Å²) < 4.78 is 36.8. The van der Waals surface area contributed by atoms with E-state index < -0.39 is 35.1 Å². The second-order valence-electron chi connectivity index (χ2n) is 7.15. The Labute approximate surface area is 206 Å². The molecule has 0 aliphatic rings. The predicted molar refractivity (Wildman–Crippen MR) is 132 cm³/mol. The van der Waals surface area contributed by atoms with Crippen molar-refractivity contribution in [2.24, 2.45) is 0 Å². The lowest BCUT2D eigenvalue weighted by atomic mass is 10.2. The molecule has 1 aromatic heterocycles. The second-order valence-corrected chi connectivity index (χ2v) is 10.3. The number of anilines is 3. The average molecular weight is 518 g/mol. The summed E-state index contributed by atoms with van der Waals surface area (Å²) in [5.74, 6) is -1.16. The van der Waals surface area contributed by atoms with Crippen molar-refractivity contribution in [3.63, 3.8) is 0 Å². The maximum atomic E-state index is 12.6. The van der Waals surface area contributed by atoms with Gasteiger partial charge >= 0.3 is 5.97 Å². The molecule has 2 amide bonds. The molecule has 12 heteroatoms. The molecule has 1 heterocycles. The molecule has 0 aliphatic heterocycles. The monoisotopic (exact) mass is 517 g/mol. The number of esters is 1. The predicted octanol–water partition coefficient (Wildman–Crippen LogP) is 3.09. The molecule has 184 valence electrons. The van der Waals surface area contributed by atoms with E-state index in [9.17, 15) is 22.8 Å². The van der Waals surface area contributed by atoms with E-state index in [4.69, 9.17) is 9.47 Å². The van der Waals surface area contributed by atoms with E-state index in [0.717, 1.165) is 15.6 Å². The number of thiophene rings is 1. The summed E-state index contributed by atoms with van der Waals surface area (Å²) in [6.07, 6.45) is 0. The summed E-state index contributed by atoms with van der Waals surface area (Å²) in [4.78, 5) is 34.9. The molecular formula is C23H23N3O7S2. The van der Waals surface area contributed by atoms with Crippen LogP contribution in [0.2, 0.25) is 0 Å². The standard InChI is InChI=1S/C23H23N3O7S2/c1-16(27)24-17-5-7-18(8-6-17)25-21(28)14-33-22(29)15-32-20-11-9-19(10-12-20)26(2)35(30,31)23-4-3-13-34-23/h3-13H,14-15H2,1-2H3,(H,24,27)(H,25,28). The number of benzene rings is 2. The van der Waals surface area contributed by atoms with Crippen LogP contribution in [0.1, 0.15) is 6.92 Å². The molecule has 0 aliphatic carbocycles. The van der Waals surface area contributed by atoms with Crippen molar-refractivity contribution >= 4 is 56.2 Å². The van der Waals surface area contributed by atoms with Crippen LogP contribution in [-0.4, -0.2) is 46.5 Å². The quantitative estimate of drug-likeness (QED) is 0.395. The number of rotatable bonds is 10. The minimum absolute atomic E-state index is 0.207. The lowest BCUT2D eigenvalue weighted by Gasteiger charge is -2.18. The van der Waals surface area contributed by atoms with Gasteiger partial charge < -0.3 is 20.1 Å². The van der Waals surface area contributed by atoms with Crippen LogP contribution >= 0.6 is 11.3 Å². The Hall–Kier alpha value is -3.90. The number of amides is 2. The topological polar surface area (TPSA) is 131 Å². The van der Waals surface area contributed by atoms with E-state index in [1.165, 1.54) is 32.2 Å². The summed E-state index contributed by atoms with van der Waals surface area (Å²) in [7, 11) is -2.20. The summed E-state index contributed by atoms with van der Waals surface area (Å²) in [6.45, 7) is 0.461. The first-order chi connectivity index (χ1) is 16.6. The van der Waals surface area contributed by atoms with Gasteiger partial charge in [0.1, 0.15) is 9.96 Å². The lowest BCUT2D eigenvalue weighted by molar-refractivity contribution is -0.149. The summed E-state index contributed by atoms with van der Waals surface area (Å²) in [5, 5.41) is 6.87. The van der Waals surface area contributed by atoms with Crippen LogP contribution in [0.15, 0.2) is 70.3 Å². The fourth-order valence-corrected chi connectivity index (χ4v) is 5.16. The third kappa shape index (κ3) is 7.29. The van der Waals surface area contributed by atoms with Crippen LogP contribution in [-0.2, 0) is 29.1 Å². The maximum absolute atomic E-state index is 12.6. The number of hydrogen-bond donors (Lipinski definition) is 2. The number of nitrogens with one attached hydrogen (secondary N) is 2. The SMILES string of the molecule is CC(=O)Nc1ccc(NC(=O)COC(=O)COc2ccc(N(C)S(=O)(=O)c3cccs3)cc2)cc1. The Morgan fingerprint density at radius 1 is 0.914 bits per heavy atom. The van der Waals surface area contributed by atoms with Gasteiger partial charge in [-0.15, -0.1) is 11.3 Å². The zero-order valence-corrected chi connectivity index (χ0v) is 20.5. The van der Waals surface area contributed by atoms with Gasteiger partial charge in [0.05, 0.1) is 5.69 Å². The van der Waals surface area contributed by atoms with Gasteiger partial charge in [-0.2, -0.15) is 0 Å². The molecule has 2 aromatic carbocycles. The van der Waals surface area contributed by atoms with Crippen molar-refractivity contribution < 1.29 is 32.3 Å². The van der Waals surface area contributed by atoms with E-state index in [1.54, 1.807) is 47.8 Å². The Morgan fingerprint density at radius 3 is 2.11 bits per heavy atom. The molecule has 0 saturated heterocycles. The number of hydrogen-bond acceptors (Lipinski definition) is 8. The molecule has 3 aromatic rings. The minimum atomic E-state index is -3.65. The molecule has 0 bridgehead atoms. The van der Waals surface area contributed by atoms with Crippen LogP contribution in [0.3, 0.4) is 0 Å². The van der Waals surface area contributed by atoms with Crippen molar-refractivity contribution in [2.45, 2.75) is 11.1 Å². The zero-order valence-electron chi connectivity index (χ0n) is 18.9. The van der Waals surface area contributed by atoms with Crippen LogP contribution in [0.25, 0.3) is 0 Å². The van der Waals surface area contributed by atoms with Crippen molar-refractivity contribution in [3.05, 3.63) is 66.0 Å². The van der Waals surface area contributed by atoms with Gasteiger partial charge in [-0.05, 0) is 60.0 Å². The van der Waals surface area contributed by atoms with Gasteiger partial charge in [0, 0.05) is 25.3 Å². The molecule has 0 fully saturated rings. The Kier molecular flexibility index (Phi) is 8.44. The van der Waals surface area contributed by atoms with Gasteiger partial charge in [0.15, 0.2) is 13.2 Å². The fraction of sp³-hybridized carbons (Fsp3) is 0.174. The Bertz CT molecular complexity index is 1270. The van der Waals surface area contributed by atoms with Crippen molar-refractivity contribution in [1.29, 1.82) is 0 Å². The maximum Gasteiger partial charge on any atom is 0.344 e. The molecule has 35 heavy (non-hydrogen) atoms. The first kappa shape index (κ1) is 25.7. The Balaban J connectivity index is 1.43. The lowest BCUT2D eigenvalue weighted by Crippen LogP contribution is -2.25. The molecule has 10 nitrogen and oxygen atoms in total. The van der Waals surface area contributed by atoms with E-state index in [2.05, 4.69) is 10.6 Å². The van der Waals surface area contributed by atoms with Crippen LogP contribution in [0.5, 0.6) is 5.75 Å². The molecule has 2 N–H and O–H groups in total. The van der Waals surface area contributed by atoms with Gasteiger partial charge in [-0.25, -0.2) is 13.2 Å². The highest BCUT2D eigenvalue weighted by Crippen LogP contribution is 2.26. The van der Waals surface area contributed by atoms with Crippen molar-refractivity contribution in [3.8, 4) is 5.75 Å². The van der Waals surface area contributed by atoms with Crippen molar-refractivity contribution in [1.82, 2.24) is 0 Å². The second kappa shape index (κ2) is 11.5. The minimum Gasteiger partial charge on any atom is -0.482 e. The van der Waals surface area contributed by atoms with Crippen LogP contribution in [0.4, 0.5) is 17.1 Å². The third-order valence-electron chi connectivity index (χ3n) is 4.52. The molecular weight excluding hydrogens is 494 g/mol. The summed E-state index contributed by atoms with van der Waals surface area (Å²) >= 11 is 1.13. The van der Waals surface area contributed by atoms with Crippen LogP contribution in [0, 0.1) is 0 Å². The van der Waals surface area contributed by atoms with Crippen molar-refractivity contribution in [2.75, 3.05) is 35.2 Å². The number of carbonyl (C=O) groups excluding carboxylic acids is 3. The first-order valence-corrected chi connectivity index (χ1v) is 12.6. The Morgan fingerprint density at radius 2 is 1.54 bits per heavy atom. The van der Waals surface area contributed by atoms with E-state index in [0.29, 0.717) is 22.8 Å². The van der Waals surface area contributed by atoms with E-state index in [-0.39, 0.29) is 10.1 Å². The molecule has 0 unspecified atom stereocenters. The van der Waals surface area contributed by atoms with E-state index in [1.807, 2.05) is 0 Å². The number of nitrogens with zero attached hydrogens (tertiary/aromatic N) is 1. The van der Waals surface area contributed by atoms with Crippen LogP contribution < -0.4 is 19.7 Å². The fourth-order valence-electron chi connectivity index (χ4n) is 2.80.